The third kappa shape index (κ3) is 1.78. The van der Waals surface area contributed by atoms with Gasteiger partial charge in [-0.05, 0) is 19.8 Å². The van der Waals surface area contributed by atoms with Crippen molar-refractivity contribution in [3.63, 3.8) is 0 Å². The van der Waals surface area contributed by atoms with Crippen molar-refractivity contribution in [3.05, 3.63) is 11.8 Å². The van der Waals surface area contributed by atoms with Gasteiger partial charge in [0.1, 0.15) is 11.9 Å². The summed E-state index contributed by atoms with van der Waals surface area (Å²) in [6.45, 7) is 2.68. The van der Waals surface area contributed by atoms with Crippen molar-refractivity contribution in [2.75, 3.05) is 17.2 Å². The second-order valence-corrected chi connectivity index (χ2v) is 3.99. The predicted molar refractivity (Wildman–Crippen MR) is 60.7 cm³/mol. The van der Waals surface area contributed by atoms with Crippen LogP contribution >= 0.6 is 0 Å². The van der Waals surface area contributed by atoms with Crippen molar-refractivity contribution >= 4 is 17.7 Å². The van der Waals surface area contributed by atoms with E-state index < -0.39 is 0 Å². The minimum Gasteiger partial charge on any atom is -0.368 e. The fraction of sp³-hybridized carbons (Fsp3) is 0.500. The lowest BCUT2D eigenvalue weighted by Crippen LogP contribution is -2.41. The normalized spacial score (nSPS) is 20.1. The van der Waals surface area contributed by atoms with E-state index in [1.165, 1.54) is 0 Å². The van der Waals surface area contributed by atoms with Crippen LogP contribution in [0.4, 0.5) is 11.8 Å². The first-order valence-electron chi connectivity index (χ1n) is 5.24. The molecule has 0 aromatic carbocycles. The minimum atomic E-state index is -0.311. The second kappa shape index (κ2) is 3.96. The molecule has 1 aliphatic heterocycles. The van der Waals surface area contributed by atoms with E-state index in [2.05, 4.69) is 9.97 Å². The fourth-order valence-electron chi connectivity index (χ4n) is 2.05. The summed E-state index contributed by atoms with van der Waals surface area (Å²) in [6, 6.07) is -0.270. The van der Waals surface area contributed by atoms with Gasteiger partial charge in [0.2, 0.25) is 11.9 Å². The number of nitrogens with zero attached hydrogens (tertiary/aromatic N) is 3. The van der Waals surface area contributed by atoms with E-state index in [4.69, 9.17) is 11.5 Å². The van der Waals surface area contributed by atoms with Gasteiger partial charge in [-0.15, -0.1) is 0 Å². The predicted octanol–water partition coefficient (Wildman–Crippen LogP) is -0.179. The van der Waals surface area contributed by atoms with Crippen molar-refractivity contribution in [3.8, 4) is 0 Å². The Kier molecular flexibility index (Phi) is 2.64. The number of hydrogen-bond donors (Lipinski definition) is 2. The SMILES string of the molecule is Cc1cnc(N)nc1N1CCCC1C(N)=O. The van der Waals surface area contributed by atoms with E-state index >= 15 is 0 Å². The lowest BCUT2D eigenvalue weighted by atomic mass is 10.2. The van der Waals surface area contributed by atoms with Crippen molar-refractivity contribution in [2.45, 2.75) is 25.8 Å². The molecule has 1 atom stereocenters. The van der Waals surface area contributed by atoms with Crippen LogP contribution in [0.3, 0.4) is 0 Å². The van der Waals surface area contributed by atoms with Gasteiger partial charge in [-0.3, -0.25) is 4.79 Å². The topological polar surface area (TPSA) is 98.1 Å². The molecule has 6 heteroatoms. The number of anilines is 2. The molecule has 0 aliphatic carbocycles. The fourth-order valence-corrected chi connectivity index (χ4v) is 2.05. The molecule has 6 nitrogen and oxygen atoms in total. The Morgan fingerprint density at radius 3 is 3.06 bits per heavy atom. The first-order chi connectivity index (χ1) is 7.59. The number of rotatable bonds is 2. The van der Waals surface area contributed by atoms with E-state index in [0.29, 0.717) is 5.82 Å². The average Bonchev–Trinajstić information content (AvgIpc) is 2.70. The van der Waals surface area contributed by atoms with Crippen molar-refractivity contribution in [1.29, 1.82) is 0 Å². The maximum atomic E-state index is 11.3. The first kappa shape index (κ1) is 10.7. The van der Waals surface area contributed by atoms with E-state index in [0.717, 1.165) is 24.9 Å². The van der Waals surface area contributed by atoms with Crippen LogP contribution in [0.5, 0.6) is 0 Å². The Bertz CT molecular complexity index is 420. The highest BCUT2D eigenvalue weighted by Gasteiger charge is 2.30. The number of nitrogens with two attached hydrogens (primary N) is 2. The number of carbonyl (C=O) groups is 1. The molecular formula is C10H15N5O. The zero-order chi connectivity index (χ0) is 11.7. The molecule has 1 aromatic rings. The molecule has 2 heterocycles. The lowest BCUT2D eigenvalue weighted by molar-refractivity contribution is -0.119. The van der Waals surface area contributed by atoms with Crippen LogP contribution < -0.4 is 16.4 Å². The molecule has 86 valence electrons. The van der Waals surface area contributed by atoms with Gasteiger partial charge in [0.25, 0.3) is 0 Å². The van der Waals surface area contributed by atoms with Crippen LogP contribution in [-0.4, -0.2) is 28.5 Å². The van der Waals surface area contributed by atoms with Gasteiger partial charge < -0.3 is 16.4 Å². The molecule has 1 amide bonds. The van der Waals surface area contributed by atoms with Gasteiger partial charge in [0.15, 0.2) is 0 Å². The van der Waals surface area contributed by atoms with E-state index in [9.17, 15) is 4.79 Å². The summed E-state index contributed by atoms with van der Waals surface area (Å²) in [5.41, 5.74) is 11.8. The number of nitrogen functional groups attached to an aromatic ring is 1. The molecule has 1 saturated heterocycles. The highest BCUT2D eigenvalue weighted by Crippen LogP contribution is 2.26. The molecule has 2 rings (SSSR count). The number of primary amides is 1. The molecule has 1 fully saturated rings. The van der Waals surface area contributed by atoms with Crippen molar-refractivity contribution in [1.82, 2.24) is 9.97 Å². The molecule has 1 aromatic heterocycles. The smallest absolute Gasteiger partial charge is 0.240 e. The lowest BCUT2D eigenvalue weighted by Gasteiger charge is -2.24. The number of aromatic nitrogens is 2. The molecular weight excluding hydrogens is 206 g/mol. The van der Waals surface area contributed by atoms with Gasteiger partial charge in [-0.25, -0.2) is 4.98 Å². The Hall–Kier alpha value is -1.85. The molecule has 0 bridgehead atoms. The summed E-state index contributed by atoms with van der Waals surface area (Å²) >= 11 is 0. The summed E-state index contributed by atoms with van der Waals surface area (Å²) in [5.74, 6) is 0.624. The monoisotopic (exact) mass is 221 g/mol. The van der Waals surface area contributed by atoms with Crippen molar-refractivity contribution < 1.29 is 4.79 Å². The number of hydrogen-bond acceptors (Lipinski definition) is 5. The molecule has 1 aliphatic rings. The zero-order valence-electron chi connectivity index (χ0n) is 9.18. The van der Waals surface area contributed by atoms with Gasteiger partial charge in [0.05, 0.1) is 0 Å². The Balaban J connectivity index is 2.35. The van der Waals surface area contributed by atoms with Gasteiger partial charge in [-0.1, -0.05) is 0 Å². The summed E-state index contributed by atoms with van der Waals surface area (Å²) in [5, 5.41) is 0. The number of carbonyl (C=O) groups excluding carboxylic acids is 1. The molecule has 1 unspecified atom stereocenters. The molecule has 0 spiro atoms. The standard InChI is InChI=1S/C10H15N5O/c1-6-5-13-10(12)14-9(6)15-4-2-3-7(15)8(11)16/h5,7H,2-4H2,1H3,(H2,11,16)(H2,12,13,14). The summed E-state index contributed by atoms with van der Waals surface area (Å²) < 4.78 is 0. The number of amides is 1. The minimum absolute atomic E-state index is 0.218. The van der Waals surface area contributed by atoms with Gasteiger partial charge >= 0.3 is 0 Å². The van der Waals surface area contributed by atoms with Gasteiger partial charge in [-0.2, -0.15) is 4.98 Å². The largest absolute Gasteiger partial charge is 0.368 e. The maximum absolute atomic E-state index is 11.3. The van der Waals surface area contributed by atoms with Crippen LogP contribution in [0.2, 0.25) is 0 Å². The summed E-state index contributed by atoms with van der Waals surface area (Å²) in [4.78, 5) is 21.3. The quantitative estimate of drug-likeness (QED) is 0.722. The third-order valence-corrected chi connectivity index (χ3v) is 2.82. The van der Waals surface area contributed by atoms with Crippen molar-refractivity contribution in [2.24, 2.45) is 5.73 Å². The van der Waals surface area contributed by atoms with Crippen LogP contribution in [-0.2, 0) is 4.79 Å². The third-order valence-electron chi connectivity index (χ3n) is 2.82. The maximum Gasteiger partial charge on any atom is 0.240 e. The van der Waals surface area contributed by atoms with Crippen LogP contribution in [0.25, 0.3) is 0 Å². The number of aryl methyl sites for hydroxylation is 1. The van der Waals surface area contributed by atoms with Crippen LogP contribution in [0.15, 0.2) is 6.20 Å². The van der Waals surface area contributed by atoms with Gasteiger partial charge in [0, 0.05) is 18.3 Å². The second-order valence-electron chi connectivity index (χ2n) is 3.99. The Labute approximate surface area is 93.7 Å². The van der Waals surface area contributed by atoms with Crippen LogP contribution in [0.1, 0.15) is 18.4 Å². The highest BCUT2D eigenvalue weighted by molar-refractivity contribution is 5.84. The first-order valence-corrected chi connectivity index (χ1v) is 5.24. The Morgan fingerprint density at radius 1 is 1.62 bits per heavy atom. The molecule has 0 radical (unpaired) electrons. The molecule has 4 N–H and O–H groups in total. The average molecular weight is 221 g/mol. The van der Waals surface area contributed by atoms with E-state index in [1.807, 2.05) is 11.8 Å². The molecule has 0 saturated carbocycles. The summed E-state index contributed by atoms with van der Waals surface area (Å²) in [6.07, 6.45) is 3.38. The van der Waals surface area contributed by atoms with E-state index in [1.54, 1.807) is 6.20 Å². The highest BCUT2D eigenvalue weighted by atomic mass is 16.1. The summed E-state index contributed by atoms with van der Waals surface area (Å²) in [7, 11) is 0. The molecule has 16 heavy (non-hydrogen) atoms. The van der Waals surface area contributed by atoms with Crippen LogP contribution in [0, 0.1) is 6.92 Å². The van der Waals surface area contributed by atoms with E-state index in [-0.39, 0.29) is 17.9 Å². The zero-order valence-corrected chi connectivity index (χ0v) is 9.18. The Morgan fingerprint density at radius 2 is 2.38 bits per heavy atom.